The van der Waals surface area contributed by atoms with E-state index in [0.29, 0.717) is 5.75 Å². The number of aromatic hydroxyl groups is 1. The third kappa shape index (κ3) is 2.30. The first kappa shape index (κ1) is 13.2. The molecule has 0 amide bonds. The Kier molecular flexibility index (Phi) is 3.49. The van der Waals surface area contributed by atoms with E-state index < -0.39 is 0 Å². The number of rotatable bonds is 1. The lowest BCUT2D eigenvalue weighted by atomic mass is 9.92. The van der Waals surface area contributed by atoms with Crippen LogP contribution in [-0.2, 0) is 0 Å². The summed E-state index contributed by atoms with van der Waals surface area (Å²) < 4.78 is 0.747. The standard InChI is InChI=1S/C16H17BrO/c1-9-5-11(3)15(12(4)6-9)13-7-10(2)8-14(17)16(13)18/h5-8,18H,1-4H3. The largest absolute Gasteiger partial charge is 0.506 e. The van der Waals surface area contributed by atoms with Crippen LogP contribution in [0.25, 0.3) is 11.1 Å². The molecule has 0 spiro atoms. The van der Waals surface area contributed by atoms with Crippen molar-refractivity contribution in [3.05, 3.63) is 51.0 Å². The molecule has 0 bridgehead atoms. The van der Waals surface area contributed by atoms with Gasteiger partial charge in [0, 0.05) is 5.56 Å². The van der Waals surface area contributed by atoms with Gasteiger partial charge in [-0.25, -0.2) is 0 Å². The van der Waals surface area contributed by atoms with Crippen molar-refractivity contribution in [3.63, 3.8) is 0 Å². The van der Waals surface area contributed by atoms with Crippen molar-refractivity contribution in [1.82, 2.24) is 0 Å². The van der Waals surface area contributed by atoms with Gasteiger partial charge in [-0.05, 0) is 78.0 Å². The molecule has 0 saturated heterocycles. The minimum absolute atomic E-state index is 0.315. The highest BCUT2D eigenvalue weighted by molar-refractivity contribution is 9.10. The highest BCUT2D eigenvalue weighted by Gasteiger charge is 2.13. The van der Waals surface area contributed by atoms with Gasteiger partial charge in [0.2, 0.25) is 0 Å². The summed E-state index contributed by atoms with van der Waals surface area (Å²) in [4.78, 5) is 0. The van der Waals surface area contributed by atoms with Crippen molar-refractivity contribution < 1.29 is 5.11 Å². The summed E-state index contributed by atoms with van der Waals surface area (Å²) >= 11 is 3.41. The predicted molar refractivity (Wildman–Crippen MR) is 80.2 cm³/mol. The second-order valence-electron chi connectivity index (χ2n) is 4.92. The van der Waals surface area contributed by atoms with Crippen LogP contribution in [0.3, 0.4) is 0 Å². The van der Waals surface area contributed by atoms with Crippen molar-refractivity contribution in [2.45, 2.75) is 27.7 Å². The van der Waals surface area contributed by atoms with E-state index in [4.69, 9.17) is 0 Å². The van der Waals surface area contributed by atoms with Gasteiger partial charge in [0.25, 0.3) is 0 Å². The van der Waals surface area contributed by atoms with Gasteiger partial charge in [-0.3, -0.25) is 0 Å². The topological polar surface area (TPSA) is 20.2 Å². The van der Waals surface area contributed by atoms with Crippen molar-refractivity contribution >= 4 is 15.9 Å². The molecule has 1 N–H and O–H groups in total. The van der Waals surface area contributed by atoms with E-state index in [1.54, 1.807) is 0 Å². The van der Waals surface area contributed by atoms with Crippen molar-refractivity contribution in [2.24, 2.45) is 0 Å². The number of halogens is 1. The third-order valence-corrected chi connectivity index (χ3v) is 3.76. The first-order valence-corrected chi connectivity index (χ1v) is 6.76. The summed E-state index contributed by atoms with van der Waals surface area (Å²) in [5.74, 6) is 0.315. The fourth-order valence-electron chi connectivity index (χ4n) is 2.53. The van der Waals surface area contributed by atoms with Crippen LogP contribution in [0, 0.1) is 27.7 Å². The molecule has 0 fully saturated rings. The zero-order valence-electron chi connectivity index (χ0n) is 11.1. The zero-order chi connectivity index (χ0) is 13.4. The molecular formula is C16H17BrO. The van der Waals surface area contributed by atoms with Crippen LogP contribution in [0.2, 0.25) is 0 Å². The molecular weight excluding hydrogens is 288 g/mol. The number of hydrogen-bond donors (Lipinski definition) is 1. The Morgan fingerprint density at radius 2 is 1.33 bits per heavy atom. The van der Waals surface area contributed by atoms with E-state index in [9.17, 15) is 5.11 Å². The van der Waals surface area contributed by atoms with Crippen LogP contribution < -0.4 is 0 Å². The molecule has 0 radical (unpaired) electrons. The van der Waals surface area contributed by atoms with Crippen molar-refractivity contribution in [3.8, 4) is 16.9 Å². The first-order chi connectivity index (χ1) is 8.40. The summed E-state index contributed by atoms with van der Waals surface area (Å²) in [6.07, 6.45) is 0. The van der Waals surface area contributed by atoms with E-state index in [1.807, 2.05) is 19.1 Å². The second-order valence-corrected chi connectivity index (χ2v) is 5.77. The maximum atomic E-state index is 10.2. The predicted octanol–water partition coefficient (Wildman–Crippen LogP) is 5.06. The highest BCUT2D eigenvalue weighted by Crippen LogP contribution is 2.39. The van der Waals surface area contributed by atoms with Crippen LogP contribution in [0.4, 0.5) is 0 Å². The van der Waals surface area contributed by atoms with Crippen LogP contribution in [0.15, 0.2) is 28.7 Å². The summed E-state index contributed by atoms with van der Waals surface area (Å²) in [7, 11) is 0. The Balaban J connectivity index is 2.77. The molecule has 18 heavy (non-hydrogen) atoms. The smallest absolute Gasteiger partial charge is 0.137 e. The molecule has 2 aromatic rings. The summed E-state index contributed by atoms with van der Waals surface area (Å²) in [6.45, 7) is 8.30. The average Bonchev–Trinajstić information content (AvgIpc) is 2.23. The fourth-order valence-corrected chi connectivity index (χ4v) is 3.10. The minimum atomic E-state index is 0.315. The van der Waals surface area contributed by atoms with Crippen molar-refractivity contribution in [2.75, 3.05) is 0 Å². The summed E-state index contributed by atoms with van der Waals surface area (Å²) in [5, 5.41) is 10.2. The molecule has 2 aromatic carbocycles. The quantitative estimate of drug-likeness (QED) is 0.781. The van der Waals surface area contributed by atoms with E-state index in [1.165, 1.54) is 16.7 Å². The Hall–Kier alpha value is -1.28. The molecule has 0 aromatic heterocycles. The molecule has 0 aliphatic rings. The molecule has 0 unspecified atom stereocenters. The van der Waals surface area contributed by atoms with Gasteiger partial charge >= 0.3 is 0 Å². The Bertz CT molecular complexity index is 592. The van der Waals surface area contributed by atoms with Gasteiger partial charge in [-0.15, -0.1) is 0 Å². The molecule has 1 nitrogen and oxygen atoms in total. The fraction of sp³-hybridized carbons (Fsp3) is 0.250. The van der Waals surface area contributed by atoms with Crippen LogP contribution in [0.5, 0.6) is 5.75 Å². The van der Waals surface area contributed by atoms with Crippen LogP contribution >= 0.6 is 15.9 Å². The average molecular weight is 305 g/mol. The molecule has 0 aliphatic heterocycles. The van der Waals surface area contributed by atoms with Gasteiger partial charge in [0.15, 0.2) is 0 Å². The SMILES string of the molecule is Cc1cc(C)c(-c2cc(C)cc(Br)c2O)c(C)c1. The minimum Gasteiger partial charge on any atom is -0.506 e. The van der Waals surface area contributed by atoms with Crippen LogP contribution in [0.1, 0.15) is 22.3 Å². The van der Waals surface area contributed by atoms with Gasteiger partial charge in [-0.2, -0.15) is 0 Å². The number of phenolic OH excluding ortho intramolecular Hbond substituents is 1. The van der Waals surface area contributed by atoms with Gasteiger partial charge < -0.3 is 5.11 Å². The second kappa shape index (κ2) is 4.77. The first-order valence-electron chi connectivity index (χ1n) is 5.97. The number of phenols is 1. The lowest BCUT2D eigenvalue weighted by molar-refractivity contribution is 0.473. The summed E-state index contributed by atoms with van der Waals surface area (Å²) in [5.41, 5.74) is 6.80. The van der Waals surface area contributed by atoms with Gasteiger partial charge in [-0.1, -0.05) is 17.7 Å². The normalized spacial score (nSPS) is 10.7. The van der Waals surface area contributed by atoms with Crippen molar-refractivity contribution in [1.29, 1.82) is 0 Å². The maximum Gasteiger partial charge on any atom is 0.137 e. The third-order valence-electron chi connectivity index (χ3n) is 3.15. The molecule has 0 saturated carbocycles. The van der Waals surface area contributed by atoms with Gasteiger partial charge in [0.05, 0.1) is 4.47 Å². The van der Waals surface area contributed by atoms with Gasteiger partial charge in [0.1, 0.15) is 5.75 Å². The van der Waals surface area contributed by atoms with E-state index in [-0.39, 0.29) is 0 Å². The van der Waals surface area contributed by atoms with E-state index in [2.05, 4.69) is 48.8 Å². The number of aryl methyl sites for hydroxylation is 4. The zero-order valence-corrected chi connectivity index (χ0v) is 12.7. The lowest BCUT2D eigenvalue weighted by Crippen LogP contribution is -1.92. The Morgan fingerprint density at radius 1 is 0.833 bits per heavy atom. The Labute approximate surface area is 117 Å². The molecule has 0 atom stereocenters. The van der Waals surface area contributed by atoms with E-state index in [0.717, 1.165) is 21.2 Å². The highest BCUT2D eigenvalue weighted by atomic mass is 79.9. The van der Waals surface area contributed by atoms with Crippen LogP contribution in [-0.4, -0.2) is 5.11 Å². The molecule has 94 valence electrons. The lowest BCUT2D eigenvalue weighted by Gasteiger charge is -2.14. The molecule has 0 aliphatic carbocycles. The summed E-state index contributed by atoms with van der Waals surface area (Å²) in [6, 6.07) is 8.26. The monoisotopic (exact) mass is 304 g/mol. The molecule has 2 rings (SSSR count). The van der Waals surface area contributed by atoms with E-state index >= 15 is 0 Å². The number of benzene rings is 2. The number of hydrogen-bond acceptors (Lipinski definition) is 1. The molecule has 2 heteroatoms. The Morgan fingerprint density at radius 3 is 1.89 bits per heavy atom. The molecule has 0 heterocycles. The maximum absolute atomic E-state index is 10.2.